The molecule has 1 N–H and O–H groups in total. The Hall–Kier alpha value is -0.980. The average Bonchev–Trinajstić information content (AvgIpc) is 2.42. The van der Waals surface area contributed by atoms with E-state index in [0.717, 1.165) is 12.3 Å². The van der Waals surface area contributed by atoms with Gasteiger partial charge in [0.1, 0.15) is 5.75 Å². The fourth-order valence-electron chi connectivity index (χ4n) is 3.65. The molecular weight excluding hydrogens is 220 g/mol. The number of benzene rings is 1. The van der Waals surface area contributed by atoms with Crippen LogP contribution in [0.2, 0.25) is 0 Å². The van der Waals surface area contributed by atoms with Gasteiger partial charge >= 0.3 is 0 Å². The summed E-state index contributed by atoms with van der Waals surface area (Å²) in [5, 5.41) is 9.34. The molecule has 0 aromatic heterocycles. The maximum atomic E-state index is 9.34. The van der Waals surface area contributed by atoms with Crippen LogP contribution in [0, 0.1) is 11.3 Å². The van der Waals surface area contributed by atoms with Crippen molar-refractivity contribution in [1.82, 2.24) is 0 Å². The summed E-state index contributed by atoms with van der Waals surface area (Å²) in [6, 6.07) is 7.75. The van der Waals surface area contributed by atoms with Crippen molar-refractivity contribution < 1.29 is 5.11 Å². The number of aromatic hydroxyl groups is 1. The van der Waals surface area contributed by atoms with E-state index in [4.69, 9.17) is 0 Å². The lowest BCUT2D eigenvalue weighted by Crippen LogP contribution is -2.32. The SMILES string of the molecule is CCC1(C(C)Cc2ccc(O)cc2)CCCCC1. The lowest BCUT2D eigenvalue weighted by Gasteiger charge is -2.42. The van der Waals surface area contributed by atoms with Crippen LogP contribution < -0.4 is 0 Å². The largest absolute Gasteiger partial charge is 0.508 e. The molecule has 0 heterocycles. The van der Waals surface area contributed by atoms with Crippen LogP contribution in [0.1, 0.15) is 57.9 Å². The second-order valence-corrected chi connectivity index (χ2v) is 6.05. The maximum absolute atomic E-state index is 9.34. The molecule has 100 valence electrons. The lowest BCUT2D eigenvalue weighted by atomic mass is 9.63. The molecule has 0 bridgehead atoms. The first-order valence-corrected chi connectivity index (χ1v) is 7.44. The van der Waals surface area contributed by atoms with Crippen LogP contribution in [0.5, 0.6) is 5.75 Å². The Morgan fingerprint density at radius 3 is 2.28 bits per heavy atom. The first kappa shape index (κ1) is 13.5. The number of phenolic OH excluding ortho intramolecular Hbond substituents is 1. The van der Waals surface area contributed by atoms with Gasteiger partial charge in [0.15, 0.2) is 0 Å². The molecule has 1 aromatic rings. The fraction of sp³-hybridized carbons (Fsp3) is 0.647. The van der Waals surface area contributed by atoms with Crippen LogP contribution in [0.4, 0.5) is 0 Å². The van der Waals surface area contributed by atoms with E-state index in [0.29, 0.717) is 11.2 Å². The summed E-state index contributed by atoms with van der Waals surface area (Å²) in [7, 11) is 0. The molecule has 0 radical (unpaired) electrons. The summed E-state index contributed by atoms with van der Waals surface area (Å²) in [5.74, 6) is 1.11. The van der Waals surface area contributed by atoms with Crippen LogP contribution in [0.25, 0.3) is 0 Å². The predicted octanol–water partition coefficient (Wildman–Crippen LogP) is 4.93. The first-order chi connectivity index (χ1) is 8.66. The molecular formula is C17H26O. The van der Waals surface area contributed by atoms with Gasteiger partial charge in [-0.15, -0.1) is 0 Å². The Kier molecular flexibility index (Phi) is 4.31. The van der Waals surface area contributed by atoms with Crippen molar-refractivity contribution in [2.24, 2.45) is 11.3 Å². The van der Waals surface area contributed by atoms with Gasteiger partial charge in [0.05, 0.1) is 0 Å². The third-order valence-corrected chi connectivity index (χ3v) is 5.08. The molecule has 1 unspecified atom stereocenters. The Bertz CT molecular complexity index is 360. The van der Waals surface area contributed by atoms with Crippen LogP contribution >= 0.6 is 0 Å². The predicted molar refractivity (Wildman–Crippen MR) is 76.8 cm³/mol. The Morgan fingerprint density at radius 1 is 1.11 bits per heavy atom. The summed E-state index contributed by atoms with van der Waals surface area (Å²) >= 11 is 0. The van der Waals surface area contributed by atoms with Gasteiger partial charge in [0.2, 0.25) is 0 Å². The zero-order valence-electron chi connectivity index (χ0n) is 11.8. The normalized spacial score (nSPS) is 20.6. The molecule has 0 amide bonds. The molecule has 1 heteroatoms. The van der Waals surface area contributed by atoms with Gasteiger partial charge in [-0.3, -0.25) is 0 Å². The summed E-state index contributed by atoms with van der Waals surface area (Å²) in [5.41, 5.74) is 1.93. The summed E-state index contributed by atoms with van der Waals surface area (Å²) in [6.07, 6.45) is 9.51. The zero-order valence-corrected chi connectivity index (χ0v) is 11.8. The Morgan fingerprint density at radius 2 is 1.72 bits per heavy atom. The lowest BCUT2D eigenvalue weighted by molar-refractivity contribution is 0.101. The average molecular weight is 246 g/mol. The van der Waals surface area contributed by atoms with Crippen molar-refractivity contribution in [3.8, 4) is 5.75 Å². The third-order valence-electron chi connectivity index (χ3n) is 5.08. The van der Waals surface area contributed by atoms with Crippen molar-refractivity contribution >= 4 is 0 Å². The number of phenols is 1. The molecule has 1 saturated carbocycles. The van der Waals surface area contributed by atoms with Crippen LogP contribution in [-0.2, 0) is 6.42 Å². The van der Waals surface area contributed by atoms with E-state index in [1.54, 1.807) is 0 Å². The van der Waals surface area contributed by atoms with Gasteiger partial charge in [-0.1, -0.05) is 51.7 Å². The van der Waals surface area contributed by atoms with Gasteiger partial charge in [-0.25, -0.2) is 0 Å². The second kappa shape index (κ2) is 5.77. The van der Waals surface area contributed by atoms with Crippen LogP contribution in [0.15, 0.2) is 24.3 Å². The van der Waals surface area contributed by atoms with Gasteiger partial charge in [-0.05, 0) is 48.3 Å². The summed E-state index contributed by atoms with van der Waals surface area (Å²) in [6.45, 7) is 4.78. The Balaban J connectivity index is 2.05. The minimum absolute atomic E-state index is 0.370. The highest BCUT2D eigenvalue weighted by Gasteiger charge is 2.35. The van der Waals surface area contributed by atoms with E-state index in [-0.39, 0.29) is 0 Å². The van der Waals surface area contributed by atoms with E-state index in [1.807, 2.05) is 12.1 Å². The van der Waals surface area contributed by atoms with Crippen molar-refractivity contribution in [2.75, 3.05) is 0 Å². The molecule has 18 heavy (non-hydrogen) atoms. The molecule has 1 aliphatic carbocycles. The highest BCUT2D eigenvalue weighted by atomic mass is 16.3. The monoisotopic (exact) mass is 246 g/mol. The smallest absolute Gasteiger partial charge is 0.115 e. The zero-order chi connectivity index (χ0) is 13.0. The van der Waals surface area contributed by atoms with Crippen molar-refractivity contribution in [1.29, 1.82) is 0 Å². The number of hydrogen-bond acceptors (Lipinski definition) is 1. The molecule has 1 atom stereocenters. The molecule has 0 spiro atoms. The maximum Gasteiger partial charge on any atom is 0.115 e. The van der Waals surface area contributed by atoms with Crippen molar-refractivity contribution in [2.45, 2.75) is 58.8 Å². The summed E-state index contributed by atoms with van der Waals surface area (Å²) < 4.78 is 0. The molecule has 1 nitrogen and oxygen atoms in total. The molecule has 0 saturated heterocycles. The molecule has 2 rings (SSSR count). The topological polar surface area (TPSA) is 20.2 Å². The van der Waals surface area contributed by atoms with Gasteiger partial charge < -0.3 is 5.11 Å². The number of rotatable bonds is 4. The minimum Gasteiger partial charge on any atom is -0.508 e. The highest BCUT2D eigenvalue weighted by Crippen LogP contribution is 2.46. The Labute approximate surface area is 111 Å². The van der Waals surface area contributed by atoms with Crippen molar-refractivity contribution in [3.05, 3.63) is 29.8 Å². The molecule has 1 aliphatic rings. The van der Waals surface area contributed by atoms with E-state index < -0.39 is 0 Å². The van der Waals surface area contributed by atoms with Gasteiger partial charge in [-0.2, -0.15) is 0 Å². The van der Waals surface area contributed by atoms with E-state index in [9.17, 15) is 5.11 Å². The molecule has 0 aliphatic heterocycles. The third kappa shape index (κ3) is 2.88. The summed E-state index contributed by atoms with van der Waals surface area (Å²) in [4.78, 5) is 0. The molecule has 1 aromatic carbocycles. The van der Waals surface area contributed by atoms with Crippen LogP contribution in [0.3, 0.4) is 0 Å². The standard InChI is InChI=1S/C17H26O/c1-3-17(11-5-4-6-12-17)14(2)13-15-7-9-16(18)10-8-15/h7-10,14,18H,3-6,11-13H2,1-2H3. The molecule has 1 fully saturated rings. The van der Waals surface area contributed by atoms with Gasteiger partial charge in [0, 0.05) is 0 Å². The van der Waals surface area contributed by atoms with E-state index in [2.05, 4.69) is 26.0 Å². The van der Waals surface area contributed by atoms with Gasteiger partial charge in [0.25, 0.3) is 0 Å². The highest BCUT2D eigenvalue weighted by molar-refractivity contribution is 5.26. The fourth-order valence-corrected chi connectivity index (χ4v) is 3.65. The van der Waals surface area contributed by atoms with E-state index >= 15 is 0 Å². The quantitative estimate of drug-likeness (QED) is 0.798. The van der Waals surface area contributed by atoms with Crippen molar-refractivity contribution in [3.63, 3.8) is 0 Å². The second-order valence-electron chi connectivity index (χ2n) is 6.05. The van der Waals surface area contributed by atoms with Crippen LogP contribution in [-0.4, -0.2) is 5.11 Å². The number of hydrogen-bond donors (Lipinski definition) is 1. The van der Waals surface area contributed by atoms with E-state index in [1.165, 1.54) is 44.1 Å². The minimum atomic E-state index is 0.370. The first-order valence-electron chi connectivity index (χ1n) is 7.44.